The maximum atomic E-state index is 12.4. The Morgan fingerprint density at radius 3 is 2.50 bits per heavy atom. The van der Waals surface area contributed by atoms with Crippen molar-refractivity contribution in [3.05, 3.63) is 71.0 Å². The molecule has 166 valence electrons. The number of nitrogens with zero attached hydrogens (tertiary/aromatic N) is 3. The van der Waals surface area contributed by atoms with Crippen LogP contribution in [0.5, 0.6) is 0 Å². The third-order valence-electron chi connectivity index (χ3n) is 5.61. The third-order valence-corrected chi connectivity index (χ3v) is 6.54. The number of hydrogen-bond acceptors (Lipinski definition) is 5. The van der Waals surface area contributed by atoms with Crippen LogP contribution in [-0.2, 0) is 27.7 Å². The topological polar surface area (TPSA) is 119 Å². The minimum atomic E-state index is -3.70. The van der Waals surface area contributed by atoms with Crippen molar-refractivity contribution in [2.75, 3.05) is 6.54 Å². The fourth-order valence-electron chi connectivity index (χ4n) is 3.86. The molecule has 0 aliphatic rings. The van der Waals surface area contributed by atoms with E-state index in [0.717, 1.165) is 39.1 Å². The monoisotopic (exact) mass is 451 g/mol. The fraction of sp³-hybridized carbons (Fsp3) is 0.261. The zero-order valence-corrected chi connectivity index (χ0v) is 18.8. The summed E-state index contributed by atoms with van der Waals surface area (Å²) in [5.74, 6) is -0.0457. The van der Waals surface area contributed by atoms with E-state index >= 15 is 0 Å². The van der Waals surface area contributed by atoms with Gasteiger partial charge in [0, 0.05) is 29.7 Å². The van der Waals surface area contributed by atoms with E-state index in [0.29, 0.717) is 25.8 Å². The molecule has 3 N–H and O–H groups in total. The summed E-state index contributed by atoms with van der Waals surface area (Å²) in [7, 11) is -3.70. The van der Waals surface area contributed by atoms with Gasteiger partial charge in [0.25, 0.3) is 0 Å². The van der Waals surface area contributed by atoms with Gasteiger partial charge in [0.05, 0.1) is 10.4 Å². The van der Waals surface area contributed by atoms with Gasteiger partial charge in [-0.05, 0) is 62.1 Å². The quantitative estimate of drug-likeness (QED) is 0.447. The number of carbonyl (C=O) groups is 1. The Kier molecular flexibility index (Phi) is 5.94. The molecule has 0 spiro atoms. The van der Waals surface area contributed by atoms with E-state index in [1.165, 1.54) is 12.1 Å². The van der Waals surface area contributed by atoms with E-state index in [1.54, 1.807) is 12.1 Å². The van der Waals surface area contributed by atoms with Gasteiger partial charge in [0.15, 0.2) is 5.65 Å². The summed E-state index contributed by atoms with van der Waals surface area (Å²) < 4.78 is 24.5. The highest BCUT2D eigenvalue weighted by Crippen LogP contribution is 2.22. The first-order chi connectivity index (χ1) is 15.2. The predicted molar refractivity (Wildman–Crippen MR) is 123 cm³/mol. The molecule has 2 aromatic heterocycles. The fourth-order valence-corrected chi connectivity index (χ4v) is 4.37. The van der Waals surface area contributed by atoms with Gasteiger partial charge in [-0.2, -0.15) is 5.10 Å². The molecule has 8 nitrogen and oxygen atoms in total. The van der Waals surface area contributed by atoms with Crippen molar-refractivity contribution >= 4 is 32.5 Å². The van der Waals surface area contributed by atoms with Gasteiger partial charge in [0.1, 0.15) is 0 Å². The molecule has 0 unspecified atom stereocenters. The summed E-state index contributed by atoms with van der Waals surface area (Å²) in [5, 5.41) is 13.7. The molecule has 0 aliphatic heterocycles. The number of primary sulfonamides is 1. The number of benzene rings is 2. The first kappa shape index (κ1) is 21.9. The molecule has 0 atom stereocenters. The summed E-state index contributed by atoms with van der Waals surface area (Å²) in [6.07, 6.45) is 1.52. The average molecular weight is 452 g/mol. The van der Waals surface area contributed by atoms with Crippen LogP contribution in [0, 0.1) is 13.8 Å². The minimum absolute atomic E-state index is 0.0457. The summed E-state index contributed by atoms with van der Waals surface area (Å²) >= 11 is 0. The molecule has 4 rings (SSSR count). The van der Waals surface area contributed by atoms with Gasteiger partial charge in [-0.3, -0.25) is 4.79 Å². The summed E-state index contributed by atoms with van der Waals surface area (Å²) in [5.41, 5.74) is 5.57. The highest BCUT2D eigenvalue weighted by atomic mass is 32.2. The molecule has 0 radical (unpaired) electrons. The molecule has 0 saturated carbocycles. The largest absolute Gasteiger partial charge is 0.356 e. The summed E-state index contributed by atoms with van der Waals surface area (Å²) in [6.45, 7) is 4.44. The van der Waals surface area contributed by atoms with Gasteiger partial charge in [-0.15, -0.1) is 0 Å². The first-order valence-electron chi connectivity index (χ1n) is 10.4. The molecule has 32 heavy (non-hydrogen) atoms. The lowest BCUT2D eigenvalue weighted by molar-refractivity contribution is -0.121. The van der Waals surface area contributed by atoms with Crippen LogP contribution in [0.25, 0.3) is 16.6 Å². The number of nitrogens with two attached hydrogens (primary N) is 1. The van der Waals surface area contributed by atoms with Crippen molar-refractivity contribution in [3.8, 4) is 0 Å². The van der Waals surface area contributed by atoms with E-state index < -0.39 is 10.0 Å². The van der Waals surface area contributed by atoms with Gasteiger partial charge in [-0.25, -0.2) is 23.1 Å². The molecule has 1 amide bonds. The average Bonchev–Trinajstić information content (AvgIpc) is 3.12. The second-order valence-electron chi connectivity index (χ2n) is 7.80. The van der Waals surface area contributed by atoms with Crippen LogP contribution >= 0.6 is 0 Å². The van der Waals surface area contributed by atoms with Crippen LogP contribution in [0.3, 0.4) is 0 Å². The van der Waals surface area contributed by atoms with Crippen LogP contribution in [0.4, 0.5) is 0 Å². The van der Waals surface area contributed by atoms with E-state index in [1.807, 2.05) is 42.6 Å². The lowest BCUT2D eigenvalue weighted by Gasteiger charge is -2.11. The Bertz CT molecular complexity index is 1410. The summed E-state index contributed by atoms with van der Waals surface area (Å²) in [6, 6.07) is 14.3. The molecule has 0 fully saturated rings. The third kappa shape index (κ3) is 4.49. The summed E-state index contributed by atoms with van der Waals surface area (Å²) in [4.78, 5) is 17.2. The molecule has 0 saturated heterocycles. The highest BCUT2D eigenvalue weighted by Gasteiger charge is 2.15. The second kappa shape index (κ2) is 8.68. The number of amides is 1. The highest BCUT2D eigenvalue weighted by molar-refractivity contribution is 7.89. The molecule has 0 bridgehead atoms. The van der Waals surface area contributed by atoms with E-state index in [9.17, 15) is 13.2 Å². The Labute approximate surface area is 186 Å². The SMILES string of the molecule is Cc1nc2c3ccccc3nn2c(C)c1CCC(=O)NCCc1ccc(S(N)(=O)=O)cc1. The number of nitrogens with one attached hydrogen (secondary N) is 1. The van der Waals surface area contributed by atoms with E-state index in [-0.39, 0.29) is 10.8 Å². The molecule has 0 aliphatic carbocycles. The van der Waals surface area contributed by atoms with Gasteiger partial charge in [0.2, 0.25) is 15.9 Å². The second-order valence-corrected chi connectivity index (χ2v) is 9.36. The van der Waals surface area contributed by atoms with Gasteiger partial charge in [-0.1, -0.05) is 24.3 Å². The van der Waals surface area contributed by atoms with Crippen molar-refractivity contribution in [3.63, 3.8) is 0 Å². The molecular formula is C23H25N5O3S. The van der Waals surface area contributed by atoms with E-state index in [2.05, 4.69) is 10.4 Å². The zero-order chi connectivity index (χ0) is 22.9. The van der Waals surface area contributed by atoms with Crippen LogP contribution in [-0.4, -0.2) is 35.5 Å². The van der Waals surface area contributed by atoms with Crippen molar-refractivity contribution in [2.45, 2.75) is 38.0 Å². The number of aryl methyl sites for hydroxylation is 2. The predicted octanol–water partition coefficient (Wildman–Crippen LogP) is 2.44. The normalized spacial score (nSPS) is 11.8. The van der Waals surface area contributed by atoms with Gasteiger partial charge < -0.3 is 5.32 Å². The number of carbonyl (C=O) groups excluding carboxylic acids is 1. The lowest BCUT2D eigenvalue weighted by Crippen LogP contribution is -2.26. The van der Waals surface area contributed by atoms with Crippen LogP contribution < -0.4 is 10.5 Å². The number of fused-ring (bicyclic) bond motifs is 3. The number of rotatable bonds is 7. The number of aromatic nitrogens is 3. The van der Waals surface area contributed by atoms with Crippen LogP contribution in [0.2, 0.25) is 0 Å². The van der Waals surface area contributed by atoms with Gasteiger partial charge >= 0.3 is 0 Å². The van der Waals surface area contributed by atoms with Crippen molar-refractivity contribution in [2.24, 2.45) is 5.14 Å². The molecular weight excluding hydrogens is 426 g/mol. The smallest absolute Gasteiger partial charge is 0.238 e. The minimum Gasteiger partial charge on any atom is -0.356 e. The number of hydrogen-bond donors (Lipinski definition) is 2. The first-order valence-corrected chi connectivity index (χ1v) is 11.9. The Hall–Kier alpha value is -3.30. The molecule has 2 aromatic carbocycles. The molecule has 9 heteroatoms. The number of sulfonamides is 1. The maximum Gasteiger partial charge on any atom is 0.238 e. The zero-order valence-electron chi connectivity index (χ0n) is 18.0. The standard InChI is InChI=1S/C23H25N5O3S/c1-15-19(16(2)28-23(26-15)20-5-3-4-6-21(20)27-28)11-12-22(29)25-14-13-17-7-9-18(10-8-17)32(24,30)31/h3-10H,11-14H2,1-2H3,(H,25,29)(H2,24,30,31). The lowest BCUT2D eigenvalue weighted by atomic mass is 10.1. The Morgan fingerprint density at radius 1 is 1.06 bits per heavy atom. The maximum absolute atomic E-state index is 12.4. The van der Waals surface area contributed by atoms with Crippen molar-refractivity contribution in [1.29, 1.82) is 0 Å². The van der Waals surface area contributed by atoms with Crippen molar-refractivity contribution < 1.29 is 13.2 Å². The van der Waals surface area contributed by atoms with Crippen molar-refractivity contribution in [1.82, 2.24) is 19.9 Å². The molecule has 2 heterocycles. The van der Waals surface area contributed by atoms with Crippen LogP contribution in [0.15, 0.2) is 53.4 Å². The van der Waals surface area contributed by atoms with Crippen LogP contribution in [0.1, 0.15) is 28.9 Å². The Balaban J connectivity index is 1.37. The molecule has 4 aromatic rings. The van der Waals surface area contributed by atoms with E-state index in [4.69, 9.17) is 10.1 Å². The Morgan fingerprint density at radius 2 is 1.78 bits per heavy atom.